The number of Topliss-reactive ketones (excluding diaryl/α,β-unsaturated/α-hetero) is 2. The van der Waals surface area contributed by atoms with Gasteiger partial charge in [0.15, 0.2) is 0 Å². The van der Waals surface area contributed by atoms with E-state index in [1.54, 1.807) is 0 Å². The summed E-state index contributed by atoms with van der Waals surface area (Å²) in [5.74, 6) is -13.9. The summed E-state index contributed by atoms with van der Waals surface area (Å²) in [6.45, 7) is 0. The minimum Gasteiger partial charge on any atom is -0.283 e. The predicted molar refractivity (Wildman–Crippen MR) is 27.1 cm³/mol. The highest BCUT2D eigenvalue weighted by molar-refractivity contribution is 6.42. The molecule has 0 aromatic carbocycles. The Morgan fingerprint density at radius 2 is 1.00 bits per heavy atom. The van der Waals surface area contributed by atoms with E-state index < -0.39 is 29.8 Å². The zero-order valence-corrected chi connectivity index (χ0v) is 6.34. The second kappa shape index (κ2) is 3.42. The van der Waals surface area contributed by atoms with E-state index in [1.165, 1.54) is 0 Å². The smallest absolute Gasteiger partial charge is 0.283 e. The molecule has 0 aliphatic carbocycles. The van der Waals surface area contributed by atoms with Crippen LogP contribution in [-0.4, -0.2) is 29.8 Å². The third kappa shape index (κ3) is 2.63. The number of ketones is 2. The summed E-state index contributed by atoms with van der Waals surface area (Å²) in [4.78, 5) is 19.7. The highest BCUT2D eigenvalue weighted by Crippen LogP contribution is 2.37. The molecule has 0 unspecified atom stereocenters. The maximum Gasteiger partial charge on any atom is 0.461 e. The monoisotopic (exact) mass is 244 g/mol. The number of hydrogen-bond donors (Lipinski definition) is 0. The lowest BCUT2D eigenvalue weighted by Gasteiger charge is -2.17. The van der Waals surface area contributed by atoms with Crippen LogP contribution in [0.4, 0.5) is 35.1 Å². The number of rotatable bonds is 2. The van der Waals surface area contributed by atoms with Crippen molar-refractivity contribution in [1.29, 1.82) is 0 Å². The summed E-state index contributed by atoms with van der Waals surface area (Å²) in [6, 6.07) is 0. The maximum absolute atomic E-state index is 11.9. The van der Waals surface area contributed by atoms with Gasteiger partial charge in [-0.05, 0) is 0 Å². The molecular formula is C5F8O2. The lowest BCUT2D eigenvalue weighted by molar-refractivity contribution is -0.269. The Kier molecular flexibility index (Phi) is 3.14. The molecule has 0 radical (unpaired) electrons. The summed E-state index contributed by atoms with van der Waals surface area (Å²) in [5, 5.41) is 0. The molecule has 0 spiro atoms. The van der Waals surface area contributed by atoms with Crippen molar-refractivity contribution in [2.24, 2.45) is 0 Å². The molecule has 10 heteroatoms. The van der Waals surface area contributed by atoms with Gasteiger partial charge >= 0.3 is 24.1 Å². The predicted octanol–water partition coefficient (Wildman–Crippen LogP) is 1.88. The van der Waals surface area contributed by atoms with E-state index in [4.69, 9.17) is 0 Å². The van der Waals surface area contributed by atoms with Crippen molar-refractivity contribution in [3.63, 3.8) is 0 Å². The van der Waals surface area contributed by atoms with Gasteiger partial charge in [0.2, 0.25) is 0 Å². The number of halogens is 8. The Hall–Kier alpha value is -1.22. The Balaban J connectivity index is 5.13. The number of hydrogen-bond acceptors (Lipinski definition) is 2. The molecule has 0 saturated carbocycles. The van der Waals surface area contributed by atoms with Crippen LogP contribution in [0.5, 0.6) is 0 Å². The van der Waals surface area contributed by atoms with E-state index >= 15 is 0 Å². The van der Waals surface area contributed by atoms with E-state index in [0.29, 0.717) is 0 Å². The van der Waals surface area contributed by atoms with Gasteiger partial charge in [0.25, 0.3) is 5.78 Å². The van der Waals surface area contributed by atoms with Crippen molar-refractivity contribution >= 4 is 11.6 Å². The summed E-state index contributed by atoms with van der Waals surface area (Å²) in [6.07, 6.45) is -12.6. The van der Waals surface area contributed by atoms with Gasteiger partial charge < -0.3 is 0 Å². The first-order valence-electron chi connectivity index (χ1n) is 2.92. The average Bonchev–Trinajstić information content (AvgIpc) is 1.97. The lowest BCUT2D eigenvalue weighted by Crippen LogP contribution is -2.50. The Bertz CT molecular complexity index is 284. The Morgan fingerprint density at radius 1 is 0.667 bits per heavy atom. The van der Waals surface area contributed by atoms with E-state index in [1.807, 2.05) is 0 Å². The van der Waals surface area contributed by atoms with Crippen LogP contribution in [0.3, 0.4) is 0 Å². The van der Waals surface area contributed by atoms with Crippen molar-refractivity contribution in [2.45, 2.75) is 18.3 Å². The normalized spacial score (nSPS) is 13.9. The lowest BCUT2D eigenvalue weighted by atomic mass is 10.1. The molecule has 0 aromatic rings. The minimum absolute atomic E-state index is 3.75. The molecule has 0 fully saturated rings. The first kappa shape index (κ1) is 13.8. The van der Waals surface area contributed by atoms with Gasteiger partial charge in [-0.15, -0.1) is 0 Å². The largest absolute Gasteiger partial charge is 0.461 e. The summed E-state index contributed by atoms with van der Waals surface area (Å²) in [5.41, 5.74) is 0. The van der Waals surface area contributed by atoms with Crippen LogP contribution >= 0.6 is 0 Å². The van der Waals surface area contributed by atoms with Gasteiger partial charge in [-0.25, -0.2) is 0 Å². The van der Waals surface area contributed by atoms with Gasteiger partial charge in [-0.1, -0.05) is 0 Å². The number of carbonyl (C=O) groups excluding carboxylic acids is 2. The fraction of sp³-hybridized carbons (Fsp3) is 0.600. The number of alkyl halides is 8. The topological polar surface area (TPSA) is 34.1 Å². The molecule has 15 heavy (non-hydrogen) atoms. The van der Waals surface area contributed by atoms with Crippen molar-refractivity contribution < 1.29 is 44.7 Å². The summed E-state index contributed by atoms with van der Waals surface area (Å²) < 4.78 is 91.9. The van der Waals surface area contributed by atoms with Crippen LogP contribution in [-0.2, 0) is 9.59 Å². The molecule has 0 aliphatic heterocycles. The second-order valence-electron chi connectivity index (χ2n) is 2.23. The second-order valence-corrected chi connectivity index (χ2v) is 2.23. The van der Waals surface area contributed by atoms with Gasteiger partial charge in [0, 0.05) is 0 Å². The first-order valence-corrected chi connectivity index (χ1v) is 2.92. The standard InChI is InChI=1S/C5F8O2/c6-3(7,5(11,12)13)1(14)2(15)4(8,9)10. The zero-order chi connectivity index (χ0) is 12.7. The highest BCUT2D eigenvalue weighted by atomic mass is 19.4. The third-order valence-corrected chi connectivity index (χ3v) is 1.10. The molecule has 0 aromatic heterocycles. The van der Waals surface area contributed by atoms with Gasteiger partial charge in [0.05, 0.1) is 0 Å². The molecule has 0 aliphatic rings. The molecule has 0 N–H and O–H groups in total. The molecule has 2 nitrogen and oxygen atoms in total. The number of carbonyl (C=O) groups is 2. The van der Waals surface area contributed by atoms with Crippen molar-refractivity contribution in [3.8, 4) is 0 Å². The van der Waals surface area contributed by atoms with E-state index in [9.17, 15) is 44.7 Å². The Labute approximate surface area is 75.8 Å². The fourth-order valence-electron chi connectivity index (χ4n) is 0.400. The quantitative estimate of drug-likeness (QED) is 0.549. The van der Waals surface area contributed by atoms with E-state index in [0.717, 1.165) is 0 Å². The molecule has 0 heterocycles. The van der Waals surface area contributed by atoms with Gasteiger partial charge in [0.1, 0.15) is 0 Å². The third-order valence-electron chi connectivity index (χ3n) is 1.10. The molecular weight excluding hydrogens is 244 g/mol. The SMILES string of the molecule is O=C(C(=O)C(F)(F)C(F)(F)F)C(F)(F)F. The fourth-order valence-corrected chi connectivity index (χ4v) is 0.400. The minimum atomic E-state index is -6.54. The Morgan fingerprint density at radius 3 is 1.20 bits per heavy atom. The molecule has 88 valence electrons. The van der Waals surface area contributed by atoms with Crippen molar-refractivity contribution in [3.05, 3.63) is 0 Å². The molecule has 0 amide bonds. The molecule has 0 saturated heterocycles. The van der Waals surface area contributed by atoms with Crippen LogP contribution < -0.4 is 0 Å². The summed E-state index contributed by atoms with van der Waals surface area (Å²) in [7, 11) is 0. The van der Waals surface area contributed by atoms with E-state index in [2.05, 4.69) is 0 Å². The average molecular weight is 244 g/mol. The molecule has 0 bridgehead atoms. The van der Waals surface area contributed by atoms with Crippen LogP contribution in [0.1, 0.15) is 0 Å². The van der Waals surface area contributed by atoms with Crippen LogP contribution in [0.25, 0.3) is 0 Å². The maximum atomic E-state index is 11.9. The van der Waals surface area contributed by atoms with Crippen LogP contribution in [0.2, 0.25) is 0 Å². The first-order chi connectivity index (χ1) is 6.32. The van der Waals surface area contributed by atoms with Gasteiger partial charge in [-0.3, -0.25) is 9.59 Å². The summed E-state index contributed by atoms with van der Waals surface area (Å²) >= 11 is 0. The molecule has 0 rings (SSSR count). The highest BCUT2D eigenvalue weighted by Gasteiger charge is 2.67. The zero-order valence-electron chi connectivity index (χ0n) is 6.34. The van der Waals surface area contributed by atoms with Crippen LogP contribution in [0, 0.1) is 0 Å². The van der Waals surface area contributed by atoms with E-state index in [-0.39, 0.29) is 0 Å². The molecule has 0 atom stereocenters. The van der Waals surface area contributed by atoms with Crippen LogP contribution in [0.15, 0.2) is 0 Å². The van der Waals surface area contributed by atoms with Crippen molar-refractivity contribution in [2.75, 3.05) is 0 Å². The van der Waals surface area contributed by atoms with Gasteiger partial charge in [-0.2, -0.15) is 35.1 Å². The van der Waals surface area contributed by atoms with Crippen molar-refractivity contribution in [1.82, 2.24) is 0 Å².